The van der Waals surface area contributed by atoms with E-state index in [1.54, 1.807) is 0 Å². The number of rotatable bonds is 1. The molecule has 0 aromatic heterocycles. The molecule has 0 atom stereocenters. The molecule has 1 rings (SSSR count). The van der Waals surface area contributed by atoms with Crippen LogP contribution in [-0.4, -0.2) is 24.3 Å². The summed E-state index contributed by atoms with van der Waals surface area (Å²) < 4.78 is 0. The monoisotopic (exact) mass is 152 g/mol. The smallest absolute Gasteiger partial charge is 0.104 e. The molecule has 0 aromatic rings. The molecule has 1 heterocycles. The highest BCUT2D eigenvalue weighted by atomic mass is 15.2. The van der Waals surface area contributed by atoms with E-state index in [1.807, 2.05) is 6.92 Å². The maximum Gasteiger partial charge on any atom is 0.104 e. The number of amidine groups is 1. The average Bonchev–Trinajstić information content (AvgIpc) is 1.93. The zero-order chi connectivity index (χ0) is 8.27. The molecule has 2 nitrogen and oxygen atoms in total. The van der Waals surface area contributed by atoms with Gasteiger partial charge < -0.3 is 4.90 Å². The van der Waals surface area contributed by atoms with Crippen LogP contribution in [0.5, 0.6) is 0 Å². The predicted octanol–water partition coefficient (Wildman–Crippen LogP) is 2.03. The highest BCUT2D eigenvalue weighted by Gasteiger charge is 2.11. The van der Waals surface area contributed by atoms with Crippen molar-refractivity contribution >= 4 is 5.84 Å². The fraction of sp³-hybridized carbons (Fsp3) is 0.667. The second kappa shape index (κ2) is 3.56. The Bertz CT molecular complexity index is 182. The number of hydrogen-bond donors (Lipinski definition) is 0. The molecule has 0 aromatic carbocycles. The van der Waals surface area contributed by atoms with Crippen LogP contribution in [0, 0.1) is 0 Å². The summed E-state index contributed by atoms with van der Waals surface area (Å²) in [6.07, 6.45) is 3.69. The Kier molecular flexibility index (Phi) is 2.69. The molecule has 0 N–H and O–H groups in total. The minimum Gasteiger partial charge on any atom is -0.363 e. The van der Waals surface area contributed by atoms with Crippen LogP contribution in [0.2, 0.25) is 0 Å². The molecule has 1 saturated heterocycles. The van der Waals surface area contributed by atoms with Crippen molar-refractivity contribution in [2.24, 2.45) is 4.99 Å². The fourth-order valence-electron chi connectivity index (χ4n) is 1.31. The topological polar surface area (TPSA) is 15.6 Å². The van der Waals surface area contributed by atoms with Crippen LogP contribution >= 0.6 is 0 Å². The van der Waals surface area contributed by atoms with Gasteiger partial charge >= 0.3 is 0 Å². The summed E-state index contributed by atoms with van der Waals surface area (Å²) in [5.74, 6) is 1.20. The predicted molar refractivity (Wildman–Crippen MR) is 48.7 cm³/mol. The number of piperidine rings is 1. The zero-order valence-corrected chi connectivity index (χ0v) is 7.43. The molecule has 62 valence electrons. The Morgan fingerprint density at radius 2 is 2.27 bits per heavy atom. The lowest BCUT2D eigenvalue weighted by Gasteiger charge is -2.25. The largest absolute Gasteiger partial charge is 0.363 e. The van der Waals surface area contributed by atoms with Crippen LogP contribution in [0.15, 0.2) is 17.3 Å². The Hall–Kier alpha value is -0.790. The van der Waals surface area contributed by atoms with Gasteiger partial charge in [0.1, 0.15) is 5.84 Å². The lowest BCUT2D eigenvalue weighted by Crippen LogP contribution is -2.31. The maximum absolute atomic E-state index is 4.37. The third kappa shape index (κ3) is 2.37. The average molecular weight is 152 g/mol. The molecule has 1 aliphatic heterocycles. The van der Waals surface area contributed by atoms with Crippen molar-refractivity contribution in [1.29, 1.82) is 0 Å². The van der Waals surface area contributed by atoms with Crippen molar-refractivity contribution in [3.63, 3.8) is 0 Å². The first-order valence-corrected chi connectivity index (χ1v) is 4.14. The van der Waals surface area contributed by atoms with Crippen molar-refractivity contribution in [2.75, 3.05) is 13.6 Å². The summed E-state index contributed by atoms with van der Waals surface area (Å²) in [7, 11) is 2.10. The van der Waals surface area contributed by atoms with Gasteiger partial charge in [-0.3, -0.25) is 0 Å². The third-order valence-corrected chi connectivity index (χ3v) is 1.90. The van der Waals surface area contributed by atoms with Crippen LogP contribution in [0.1, 0.15) is 26.2 Å². The van der Waals surface area contributed by atoms with Crippen molar-refractivity contribution < 1.29 is 0 Å². The Labute approximate surface area is 68.6 Å². The van der Waals surface area contributed by atoms with Crippen LogP contribution in [-0.2, 0) is 0 Å². The van der Waals surface area contributed by atoms with Gasteiger partial charge in [-0.1, -0.05) is 6.58 Å². The fourth-order valence-corrected chi connectivity index (χ4v) is 1.31. The van der Waals surface area contributed by atoms with Gasteiger partial charge in [-0.05, 0) is 19.8 Å². The standard InChI is InChI=1S/C9H16N2/c1-8(2)10-9-6-4-5-7-11(9)3/h1,4-7H2,2-3H3. The van der Waals surface area contributed by atoms with Gasteiger partial charge in [0, 0.05) is 25.7 Å². The van der Waals surface area contributed by atoms with Crippen LogP contribution in [0.4, 0.5) is 0 Å². The minimum absolute atomic E-state index is 0.911. The molecule has 0 amide bonds. The zero-order valence-electron chi connectivity index (χ0n) is 7.43. The lowest BCUT2D eigenvalue weighted by atomic mass is 10.1. The second-order valence-corrected chi connectivity index (χ2v) is 3.14. The molecule has 11 heavy (non-hydrogen) atoms. The summed E-state index contributed by atoms with van der Waals surface area (Å²) in [4.78, 5) is 6.59. The second-order valence-electron chi connectivity index (χ2n) is 3.14. The van der Waals surface area contributed by atoms with Crippen molar-refractivity contribution in [1.82, 2.24) is 4.90 Å². The Balaban J connectivity index is 2.60. The van der Waals surface area contributed by atoms with Gasteiger partial charge in [-0.25, -0.2) is 4.99 Å². The first-order chi connectivity index (χ1) is 5.20. The van der Waals surface area contributed by atoms with E-state index in [2.05, 4.69) is 23.5 Å². The van der Waals surface area contributed by atoms with Crippen LogP contribution < -0.4 is 0 Å². The minimum atomic E-state index is 0.911. The summed E-state index contributed by atoms with van der Waals surface area (Å²) in [6, 6.07) is 0. The van der Waals surface area contributed by atoms with E-state index in [0.717, 1.165) is 18.7 Å². The van der Waals surface area contributed by atoms with Gasteiger partial charge in [0.05, 0.1) is 0 Å². The van der Waals surface area contributed by atoms with E-state index in [4.69, 9.17) is 0 Å². The Morgan fingerprint density at radius 3 is 2.82 bits per heavy atom. The van der Waals surface area contributed by atoms with Crippen LogP contribution in [0.25, 0.3) is 0 Å². The maximum atomic E-state index is 4.37. The number of hydrogen-bond acceptors (Lipinski definition) is 1. The lowest BCUT2D eigenvalue weighted by molar-refractivity contribution is 0.433. The van der Waals surface area contributed by atoms with E-state index >= 15 is 0 Å². The van der Waals surface area contributed by atoms with Gasteiger partial charge in [0.25, 0.3) is 0 Å². The van der Waals surface area contributed by atoms with Crippen molar-refractivity contribution in [3.8, 4) is 0 Å². The van der Waals surface area contributed by atoms with E-state index in [0.29, 0.717) is 0 Å². The van der Waals surface area contributed by atoms with Gasteiger partial charge in [-0.2, -0.15) is 0 Å². The van der Waals surface area contributed by atoms with E-state index in [-0.39, 0.29) is 0 Å². The normalized spacial score (nSPS) is 22.4. The summed E-state index contributed by atoms with van der Waals surface area (Å²) in [5, 5.41) is 0. The molecule has 0 saturated carbocycles. The summed E-state index contributed by atoms with van der Waals surface area (Å²) >= 11 is 0. The summed E-state index contributed by atoms with van der Waals surface area (Å²) in [5.41, 5.74) is 0.911. The third-order valence-electron chi connectivity index (χ3n) is 1.90. The molecule has 0 unspecified atom stereocenters. The number of nitrogens with zero attached hydrogens (tertiary/aromatic N) is 2. The SMILES string of the molecule is C=C(C)N=C1CCCCN1C. The van der Waals surface area contributed by atoms with E-state index in [1.165, 1.54) is 18.7 Å². The van der Waals surface area contributed by atoms with Crippen LogP contribution in [0.3, 0.4) is 0 Å². The van der Waals surface area contributed by atoms with Gasteiger partial charge in [-0.15, -0.1) is 0 Å². The van der Waals surface area contributed by atoms with E-state index < -0.39 is 0 Å². The molecule has 1 aliphatic rings. The highest BCUT2D eigenvalue weighted by molar-refractivity contribution is 5.83. The molecule has 0 bridgehead atoms. The van der Waals surface area contributed by atoms with E-state index in [9.17, 15) is 0 Å². The quantitative estimate of drug-likeness (QED) is 0.561. The van der Waals surface area contributed by atoms with Crippen molar-refractivity contribution in [3.05, 3.63) is 12.3 Å². The Morgan fingerprint density at radius 1 is 1.55 bits per heavy atom. The molecule has 0 radical (unpaired) electrons. The molecule has 2 heteroatoms. The number of likely N-dealkylation sites (tertiary alicyclic amines) is 1. The first-order valence-electron chi connectivity index (χ1n) is 4.14. The number of aliphatic imine (C=N–C) groups is 1. The molecule has 0 aliphatic carbocycles. The van der Waals surface area contributed by atoms with Crippen molar-refractivity contribution in [2.45, 2.75) is 26.2 Å². The van der Waals surface area contributed by atoms with Gasteiger partial charge in [0.15, 0.2) is 0 Å². The number of allylic oxidation sites excluding steroid dienone is 1. The molecule has 1 fully saturated rings. The molecule has 0 spiro atoms. The highest BCUT2D eigenvalue weighted by Crippen LogP contribution is 2.11. The molecular formula is C9H16N2. The van der Waals surface area contributed by atoms with Gasteiger partial charge in [0.2, 0.25) is 0 Å². The summed E-state index contributed by atoms with van der Waals surface area (Å²) in [6.45, 7) is 6.85. The first kappa shape index (κ1) is 8.31. The molecular weight excluding hydrogens is 136 g/mol.